The predicted molar refractivity (Wildman–Crippen MR) is 52.4 cm³/mol. The van der Waals surface area contributed by atoms with Gasteiger partial charge in [0.1, 0.15) is 6.04 Å². The summed E-state index contributed by atoms with van der Waals surface area (Å²) in [5.41, 5.74) is 5.44. The Hall–Kier alpha value is -0.610. The summed E-state index contributed by atoms with van der Waals surface area (Å²) in [5.74, 6) is 1.16. The van der Waals surface area contributed by atoms with Crippen LogP contribution in [0.4, 0.5) is 0 Å². The molecule has 1 atom stereocenters. The van der Waals surface area contributed by atoms with Crippen molar-refractivity contribution < 1.29 is 9.90 Å². The molecule has 0 spiro atoms. The summed E-state index contributed by atoms with van der Waals surface area (Å²) < 4.78 is 0. The van der Waals surface area contributed by atoms with Crippen molar-refractivity contribution in [2.75, 3.05) is 6.61 Å². The van der Waals surface area contributed by atoms with Crippen molar-refractivity contribution in [3.05, 3.63) is 0 Å². The molecule has 4 N–H and O–H groups in total. The number of hydrogen-bond acceptors (Lipinski definition) is 3. The van der Waals surface area contributed by atoms with Gasteiger partial charge in [-0.25, -0.2) is 0 Å². The first kappa shape index (κ1) is 9.93. The molecule has 0 unspecified atom stereocenters. The fourth-order valence-electron chi connectivity index (χ4n) is 1.89. The average Bonchev–Trinajstić information content (AvgIpc) is 3.04. The van der Waals surface area contributed by atoms with Crippen LogP contribution in [-0.4, -0.2) is 29.7 Å². The van der Waals surface area contributed by atoms with Gasteiger partial charge in [-0.05, 0) is 37.5 Å². The molecule has 80 valence electrons. The number of carbonyl (C=O) groups excluding carboxylic acids is 1. The Labute approximate surface area is 83.9 Å². The number of aliphatic hydroxyl groups excluding tert-OH is 1. The van der Waals surface area contributed by atoms with E-state index in [-0.39, 0.29) is 12.5 Å². The van der Waals surface area contributed by atoms with Crippen LogP contribution in [-0.2, 0) is 4.79 Å². The summed E-state index contributed by atoms with van der Waals surface area (Å²) in [4.78, 5) is 11.5. The Kier molecular flexibility index (Phi) is 2.74. The maximum absolute atomic E-state index is 11.5. The van der Waals surface area contributed by atoms with E-state index < -0.39 is 6.04 Å². The fourth-order valence-corrected chi connectivity index (χ4v) is 1.89. The summed E-state index contributed by atoms with van der Waals surface area (Å²) in [6.07, 6.45) is 4.93. The molecule has 0 radical (unpaired) electrons. The molecular formula is C10H18N2O2. The van der Waals surface area contributed by atoms with E-state index >= 15 is 0 Å². The molecule has 0 saturated heterocycles. The number of rotatable bonds is 5. The highest BCUT2D eigenvalue weighted by Crippen LogP contribution is 2.44. The zero-order valence-corrected chi connectivity index (χ0v) is 8.28. The average molecular weight is 198 g/mol. The smallest absolute Gasteiger partial charge is 0.239 e. The van der Waals surface area contributed by atoms with Crippen molar-refractivity contribution in [3.8, 4) is 0 Å². The Morgan fingerprint density at radius 2 is 1.86 bits per heavy atom. The molecule has 2 aliphatic rings. The van der Waals surface area contributed by atoms with Crippen LogP contribution >= 0.6 is 0 Å². The predicted octanol–water partition coefficient (Wildman–Crippen LogP) is -0.389. The quantitative estimate of drug-likeness (QED) is 0.563. The van der Waals surface area contributed by atoms with E-state index in [4.69, 9.17) is 10.8 Å². The van der Waals surface area contributed by atoms with Gasteiger partial charge in [0, 0.05) is 6.04 Å². The first-order chi connectivity index (χ1) is 6.72. The lowest BCUT2D eigenvalue weighted by Crippen LogP contribution is -2.48. The van der Waals surface area contributed by atoms with Gasteiger partial charge in [0.05, 0.1) is 6.61 Å². The van der Waals surface area contributed by atoms with E-state index in [9.17, 15) is 4.79 Å². The topological polar surface area (TPSA) is 75.3 Å². The molecule has 2 aliphatic carbocycles. The maximum Gasteiger partial charge on any atom is 0.239 e. The highest BCUT2D eigenvalue weighted by Gasteiger charge is 2.42. The van der Waals surface area contributed by atoms with Gasteiger partial charge in [-0.1, -0.05) is 0 Å². The number of hydrogen-bond donors (Lipinski definition) is 3. The van der Waals surface area contributed by atoms with Crippen LogP contribution < -0.4 is 11.1 Å². The van der Waals surface area contributed by atoms with Crippen LogP contribution in [0.25, 0.3) is 0 Å². The normalized spacial score (nSPS) is 23.6. The van der Waals surface area contributed by atoms with E-state index in [0.29, 0.717) is 17.9 Å². The zero-order chi connectivity index (χ0) is 10.1. The fraction of sp³-hybridized carbons (Fsp3) is 0.900. The second-order valence-corrected chi connectivity index (χ2v) is 4.50. The van der Waals surface area contributed by atoms with Crippen molar-refractivity contribution in [2.24, 2.45) is 17.6 Å². The van der Waals surface area contributed by atoms with Gasteiger partial charge in [0.15, 0.2) is 0 Å². The summed E-state index contributed by atoms with van der Waals surface area (Å²) in [6, 6.07) is -0.421. The second-order valence-electron chi connectivity index (χ2n) is 4.50. The van der Waals surface area contributed by atoms with Gasteiger partial charge in [0.2, 0.25) is 5.91 Å². The largest absolute Gasteiger partial charge is 0.394 e. The lowest BCUT2D eigenvalue weighted by Gasteiger charge is -2.19. The van der Waals surface area contributed by atoms with Gasteiger partial charge in [-0.2, -0.15) is 0 Å². The molecule has 0 aliphatic heterocycles. The number of aliphatic hydroxyl groups is 1. The summed E-state index contributed by atoms with van der Waals surface area (Å²) in [5, 5.41) is 11.7. The van der Waals surface area contributed by atoms with Crippen LogP contribution in [0.1, 0.15) is 25.7 Å². The summed E-state index contributed by atoms with van der Waals surface area (Å²) in [7, 11) is 0. The minimum absolute atomic E-state index is 0.198. The van der Waals surface area contributed by atoms with Crippen molar-refractivity contribution >= 4 is 5.91 Å². The van der Waals surface area contributed by atoms with Crippen LogP contribution in [0.3, 0.4) is 0 Å². The molecule has 14 heavy (non-hydrogen) atoms. The molecule has 0 aromatic rings. The molecule has 0 aromatic carbocycles. The van der Waals surface area contributed by atoms with Crippen LogP contribution in [0.15, 0.2) is 0 Å². The number of nitrogens with one attached hydrogen (secondary N) is 1. The van der Waals surface area contributed by atoms with Crippen molar-refractivity contribution in [1.29, 1.82) is 0 Å². The van der Waals surface area contributed by atoms with Crippen molar-refractivity contribution in [2.45, 2.75) is 37.8 Å². The van der Waals surface area contributed by atoms with E-state index in [1.165, 1.54) is 25.7 Å². The lowest BCUT2D eigenvalue weighted by molar-refractivity contribution is -0.124. The molecule has 2 rings (SSSR count). The molecule has 0 heterocycles. The Morgan fingerprint density at radius 3 is 2.21 bits per heavy atom. The third-order valence-electron chi connectivity index (χ3n) is 3.10. The summed E-state index contributed by atoms with van der Waals surface area (Å²) in [6.45, 7) is -0.270. The zero-order valence-electron chi connectivity index (χ0n) is 8.28. The van der Waals surface area contributed by atoms with Gasteiger partial charge in [0.25, 0.3) is 0 Å². The molecule has 0 bridgehead atoms. The third-order valence-corrected chi connectivity index (χ3v) is 3.10. The number of nitrogens with two attached hydrogens (primary N) is 1. The van der Waals surface area contributed by atoms with Crippen molar-refractivity contribution in [1.82, 2.24) is 5.32 Å². The Morgan fingerprint density at radius 1 is 1.36 bits per heavy atom. The van der Waals surface area contributed by atoms with E-state index in [1.54, 1.807) is 0 Å². The molecule has 2 saturated carbocycles. The maximum atomic E-state index is 11.5. The number of carbonyl (C=O) groups is 1. The standard InChI is InChI=1S/C10H18N2O2/c11-8(5-13)10(14)12-9(6-1-2-6)7-3-4-7/h6-9,13H,1-5,11H2,(H,12,14)/t8-/m1/s1. The molecule has 4 heteroatoms. The first-order valence-electron chi connectivity index (χ1n) is 5.39. The first-order valence-corrected chi connectivity index (χ1v) is 5.39. The summed E-state index contributed by atoms with van der Waals surface area (Å²) >= 11 is 0. The van der Waals surface area contributed by atoms with Crippen LogP contribution in [0.5, 0.6) is 0 Å². The van der Waals surface area contributed by atoms with Gasteiger partial charge >= 0.3 is 0 Å². The van der Waals surface area contributed by atoms with E-state index in [2.05, 4.69) is 5.32 Å². The Balaban J connectivity index is 1.83. The number of amides is 1. The molecule has 0 aromatic heterocycles. The minimum Gasteiger partial charge on any atom is -0.394 e. The monoisotopic (exact) mass is 198 g/mol. The lowest BCUT2D eigenvalue weighted by atomic mass is 10.1. The van der Waals surface area contributed by atoms with Crippen molar-refractivity contribution in [3.63, 3.8) is 0 Å². The molecular weight excluding hydrogens is 180 g/mol. The Bertz CT molecular complexity index is 212. The van der Waals surface area contributed by atoms with Gasteiger partial charge in [-0.3, -0.25) is 4.79 Å². The highest BCUT2D eigenvalue weighted by atomic mass is 16.3. The molecule has 4 nitrogen and oxygen atoms in total. The molecule has 1 amide bonds. The van der Waals surface area contributed by atoms with Crippen LogP contribution in [0.2, 0.25) is 0 Å². The third kappa shape index (κ3) is 2.25. The highest BCUT2D eigenvalue weighted by molar-refractivity contribution is 5.82. The second kappa shape index (κ2) is 3.87. The van der Waals surface area contributed by atoms with Gasteiger partial charge < -0.3 is 16.2 Å². The SMILES string of the molecule is N[C@H](CO)C(=O)NC(C1CC1)C1CC1. The van der Waals surface area contributed by atoms with Gasteiger partial charge in [-0.15, -0.1) is 0 Å². The minimum atomic E-state index is -0.755. The molecule has 2 fully saturated rings. The van der Waals surface area contributed by atoms with Crippen LogP contribution in [0, 0.1) is 11.8 Å². The van der Waals surface area contributed by atoms with E-state index in [1.807, 2.05) is 0 Å². The van der Waals surface area contributed by atoms with E-state index in [0.717, 1.165) is 0 Å².